The quantitative estimate of drug-likeness (QED) is 0.284. The highest BCUT2D eigenvalue weighted by Gasteiger charge is 2.29. The molecule has 0 amide bonds. The van der Waals surface area contributed by atoms with Gasteiger partial charge in [0.15, 0.2) is 0 Å². The molecule has 0 spiro atoms. The zero-order valence-corrected chi connectivity index (χ0v) is 21.5. The fraction of sp³-hybridized carbons (Fsp3) is 1.00. The average Bonchev–Trinajstić information content (AvgIpc) is 2.73. The molecule has 1 aliphatic heterocycles. The number of hydrogen-bond donors (Lipinski definition) is 1. The molecule has 2 unspecified atom stereocenters. The van der Waals surface area contributed by atoms with E-state index in [0.717, 1.165) is 25.0 Å². The van der Waals surface area contributed by atoms with E-state index in [4.69, 9.17) is 4.74 Å². The first-order valence-corrected chi connectivity index (χ1v) is 13.9. The Bertz CT molecular complexity index is 419. The van der Waals surface area contributed by atoms with Gasteiger partial charge in [0.2, 0.25) is 0 Å². The van der Waals surface area contributed by atoms with Crippen molar-refractivity contribution >= 4 is 0 Å². The first kappa shape index (κ1) is 27.1. The maximum absolute atomic E-state index is 6.16. The van der Waals surface area contributed by atoms with Crippen LogP contribution in [0.1, 0.15) is 98.3 Å². The molecule has 0 radical (unpaired) electrons. The minimum atomic E-state index is 0.503. The summed E-state index contributed by atoms with van der Waals surface area (Å²) in [5.41, 5.74) is 0. The molecule has 2 rings (SSSR count). The molecule has 2 aliphatic rings. The molecule has 184 valence electrons. The highest BCUT2D eigenvalue weighted by Crippen LogP contribution is 2.24. The second kappa shape index (κ2) is 16.5. The summed E-state index contributed by atoms with van der Waals surface area (Å²) in [7, 11) is 0. The molecule has 1 aliphatic carbocycles. The van der Waals surface area contributed by atoms with E-state index in [1.807, 2.05) is 0 Å². The summed E-state index contributed by atoms with van der Waals surface area (Å²) >= 11 is 0. The highest BCUT2D eigenvalue weighted by atomic mass is 16.5. The molecular formula is C27H55N3O. The van der Waals surface area contributed by atoms with Crippen LogP contribution < -0.4 is 5.32 Å². The topological polar surface area (TPSA) is 27.7 Å². The molecule has 0 aromatic heterocycles. The molecule has 1 N–H and O–H groups in total. The molecule has 1 heterocycles. The van der Waals surface area contributed by atoms with E-state index in [0.29, 0.717) is 12.1 Å². The standard InChI is InChI=1S/C27H55N3O/c1-5-8-9-10-13-25(12-7-3)23-30-16-14-29(15-17-30)18-19-31-27-20-26(21-27)28-22-24(4)11-6-2/h24-28H,5-23H2,1-4H3. The number of rotatable bonds is 18. The van der Waals surface area contributed by atoms with Crippen LogP contribution in [0.3, 0.4) is 0 Å². The van der Waals surface area contributed by atoms with E-state index in [1.54, 1.807) is 0 Å². The SMILES string of the molecule is CCCCCCC(CCC)CN1CCN(CCOC2CC(NCC(C)CCC)C2)CC1. The predicted molar refractivity (Wildman–Crippen MR) is 135 cm³/mol. The predicted octanol–water partition coefficient (Wildman–Crippen LogP) is 5.56. The number of nitrogens with zero attached hydrogens (tertiary/aromatic N) is 2. The van der Waals surface area contributed by atoms with Crippen molar-refractivity contribution in [2.75, 3.05) is 52.4 Å². The summed E-state index contributed by atoms with van der Waals surface area (Å²) in [4.78, 5) is 5.35. The lowest BCUT2D eigenvalue weighted by atomic mass is 9.88. The van der Waals surface area contributed by atoms with E-state index < -0.39 is 0 Å². The van der Waals surface area contributed by atoms with Crippen LogP contribution in [0, 0.1) is 11.8 Å². The lowest BCUT2D eigenvalue weighted by Gasteiger charge is -2.38. The minimum absolute atomic E-state index is 0.503. The van der Waals surface area contributed by atoms with Crippen molar-refractivity contribution in [2.24, 2.45) is 11.8 Å². The van der Waals surface area contributed by atoms with E-state index in [9.17, 15) is 0 Å². The van der Waals surface area contributed by atoms with E-state index >= 15 is 0 Å². The zero-order valence-electron chi connectivity index (χ0n) is 21.5. The lowest BCUT2D eigenvalue weighted by molar-refractivity contribution is -0.0286. The van der Waals surface area contributed by atoms with Gasteiger partial charge in [-0.2, -0.15) is 0 Å². The maximum atomic E-state index is 6.16. The third-order valence-electron chi connectivity index (χ3n) is 7.54. The summed E-state index contributed by atoms with van der Waals surface area (Å²) in [6.45, 7) is 18.8. The van der Waals surface area contributed by atoms with Crippen LogP contribution in [0.2, 0.25) is 0 Å². The monoisotopic (exact) mass is 437 g/mol. The Morgan fingerprint density at radius 2 is 1.55 bits per heavy atom. The molecule has 2 fully saturated rings. The summed E-state index contributed by atoms with van der Waals surface area (Å²) in [5.74, 6) is 1.73. The largest absolute Gasteiger partial charge is 0.377 e. The fourth-order valence-electron chi connectivity index (χ4n) is 5.34. The van der Waals surface area contributed by atoms with Gasteiger partial charge in [-0.25, -0.2) is 0 Å². The molecular weight excluding hydrogens is 382 g/mol. The van der Waals surface area contributed by atoms with Crippen LogP contribution in [0.15, 0.2) is 0 Å². The smallest absolute Gasteiger partial charge is 0.0605 e. The Morgan fingerprint density at radius 3 is 2.23 bits per heavy atom. The van der Waals surface area contributed by atoms with Gasteiger partial charge >= 0.3 is 0 Å². The highest BCUT2D eigenvalue weighted by molar-refractivity contribution is 4.86. The van der Waals surface area contributed by atoms with Gasteiger partial charge in [-0.1, -0.05) is 66.2 Å². The van der Waals surface area contributed by atoms with Crippen molar-refractivity contribution in [3.05, 3.63) is 0 Å². The van der Waals surface area contributed by atoms with Crippen LogP contribution in [0.25, 0.3) is 0 Å². The lowest BCUT2D eigenvalue weighted by Crippen LogP contribution is -2.49. The Balaban J connectivity index is 1.48. The molecule has 1 saturated heterocycles. The average molecular weight is 438 g/mol. The van der Waals surface area contributed by atoms with Gasteiger partial charge in [-0.05, 0) is 50.5 Å². The fourth-order valence-corrected chi connectivity index (χ4v) is 5.34. The second-order valence-electron chi connectivity index (χ2n) is 10.6. The number of piperazine rings is 1. The van der Waals surface area contributed by atoms with Crippen molar-refractivity contribution < 1.29 is 4.74 Å². The molecule has 4 heteroatoms. The summed E-state index contributed by atoms with van der Waals surface area (Å²) in [6, 6.07) is 0.700. The number of hydrogen-bond acceptors (Lipinski definition) is 4. The van der Waals surface area contributed by atoms with Gasteiger partial charge in [0.05, 0.1) is 12.7 Å². The molecule has 1 saturated carbocycles. The molecule has 0 aromatic carbocycles. The van der Waals surface area contributed by atoms with Crippen molar-refractivity contribution in [2.45, 2.75) is 110 Å². The van der Waals surface area contributed by atoms with Gasteiger partial charge in [0.1, 0.15) is 0 Å². The zero-order chi connectivity index (χ0) is 22.3. The Morgan fingerprint density at radius 1 is 0.839 bits per heavy atom. The van der Waals surface area contributed by atoms with Gasteiger partial charge in [0.25, 0.3) is 0 Å². The first-order chi connectivity index (χ1) is 15.1. The van der Waals surface area contributed by atoms with Gasteiger partial charge < -0.3 is 15.0 Å². The normalized spacial score (nSPS) is 24.8. The van der Waals surface area contributed by atoms with Crippen LogP contribution in [0.4, 0.5) is 0 Å². The molecule has 31 heavy (non-hydrogen) atoms. The Kier molecular flexibility index (Phi) is 14.4. The van der Waals surface area contributed by atoms with Crippen LogP contribution in [-0.2, 0) is 4.74 Å². The molecule has 4 nitrogen and oxygen atoms in total. The Labute approximate surface area is 194 Å². The summed E-state index contributed by atoms with van der Waals surface area (Å²) in [6.07, 6.45) is 15.4. The molecule has 0 bridgehead atoms. The third-order valence-corrected chi connectivity index (χ3v) is 7.54. The van der Waals surface area contributed by atoms with E-state index in [-0.39, 0.29) is 0 Å². The number of ether oxygens (including phenoxy) is 1. The molecule has 0 aromatic rings. The third kappa shape index (κ3) is 11.5. The van der Waals surface area contributed by atoms with Gasteiger partial charge in [0, 0.05) is 45.3 Å². The number of unbranched alkanes of at least 4 members (excludes halogenated alkanes) is 3. The van der Waals surface area contributed by atoms with E-state index in [2.05, 4.69) is 42.8 Å². The first-order valence-electron chi connectivity index (χ1n) is 13.9. The maximum Gasteiger partial charge on any atom is 0.0605 e. The van der Waals surface area contributed by atoms with Crippen molar-refractivity contribution in [1.82, 2.24) is 15.1 Å². The van der Waals surface area contributed by atoms with Crippen LogP contribution >= 0.6 is 0 Å². The Hall–Kier alpha value is -0.160. The van der Waals surface area contributed by atoms with Crippen LogP contribution in [0.5, 0.6) is 0 Å². The van der Waals surface area contributed by atoms with Crippen molar-refractivity contribution in [1.29, 1.82) is 0 Å². The second-order valence-corrected chi connectivity index (χ2v) is 10.6. The van der Waals surface area contributed by atoms with Gasteiger partial charge in [-0.3, -0.25) is 4.90 Å². The van der Waals surface area contributed by atoms with Crippen LogP contribution in [-0.4, -0.2) is 74.4 Å². The number of nitrogens with one attached hydrogen (secondary N) is 1. The minimum Gasteiger partial charge on any atom is -0.377 e. The van der Waals surface area contributed by atoms with Crippen molar-refractivity contribution in [3.63, 3.8) is 0 Å². The summed E-state index contributed by atoms with van der Waals surface area (Å²) in [5, 5.41) is 3.73. The van der Waals surface area contributed by atoms with Crippen molar-refractivity contribution in [3.8, 4) is 0 Å². The molecule has 2 atom stereocenters. The summed E-state index contributed by atoms with van der Waals surface area (Å²) < 4.78 is 6.16. The van der Waals surface area contributed by atoms with Gasteiger partial charge in [-0.15, -0.1) is 0 Å². The van der Waals surface area contributed by atoms with E-state index in [1.165, 1.54) is 110 Å².